The lowest BCUT2D eigenvalue weighted by atomic mass is 10.3. The van der Waals surface area contributed by atoms with Crippen LogP contribution in [0.4, 0.5) is 5.69 Å². The van der Waals surface area contributed by atoms with Gasteiger partial charge in [-0.2, -0.15) is 0 Å². The molecule has 0 saturated carbocycles. The van der Waals surface area contributed by atoms with Crippen molar-refractivity contribution < 1.29 is 9.21 Å². The van der Waals surface area contributed by atoms with E-state index in [1.807, 2.05) is 35.9 Å². The molecule has 0 unspecified atom stereocenters. The molecule has 5 nitrogen and oxygen atoms in total. The highest BCUT2D eigenvalue weighted by Gasteiger charge is 2.09. The van der Waals surface area contributed by atoms with E-state index in [0.29, 0.717) is 5.69 Å². The second-order valence-electron chi connectivity index (χ2n) is 4.00. The topological polar surface area (TPSA) is 59.5 Å². The molecule has 0 bridgehead atoms. The molecular formula is C13H11N3O2. The second-order valence-corrected chi connectivity index (χ2v) is 4.00. The van der Waals surface area contributed by atoms with Gasteiger partial charge < -0.3 is 14.1 Å². The van der Waals surface area contributed by atoms with Gasteiger partial charge in [0.1, 0.15) is 5.65 Å². The number of pyridine rings is 1. The molecule has 3 aromatic rings. The molecule has 0 spiro atoms. The number of furan rings is 1. The third-order valence-corrected chi connectivity index (χ3v) is 2.57. The average Bonchev–Trinajstić information content (AvgIpc) is 2.95. The Balaban J connectivity index is 1.88. The molecule has 5 heteroatoms. The zero-order chi connectivity index (χ0) is 12.5. The number of fused-ring (bicyclic) bond motifs is 1. The molecule has 0 radical (unpaired) electrons. The molecule has 1 N–H and O–H groups in total. The Bertz CT molecular complexity index is 698. The molecule has 0 saturated heterocycles. The van der Waals surface area contributed by atoms with E-state index in [1.165, 1.54) is 6.26 Å². The molecule has 0 aromatic carbocycles. The number of carbonyl (C=O) groups excluding carboxylic acids is 1. The molecule has 0 aliphatic rings. The first-order valence-corrected chi connectivity index (χ1v) is 5.52. The minimum Gasteiger partial charge on any atom is -0.459 e. The molecule has 3 heterocycles. The van der Waals surface area contributed by atoms with Crippen LogP contribution in [0.5, 0.6) is 0 Å². The second kappa shape index (κ2) is 4.03. The zero-order valence-corrected chi connectivity index (χ0v) is 9.75. The summed E-state index contributed by atoms with van der Waals surface area (Å²) in [6.07, 6.45) is 5.19. The van der Waals surface area contributed by atoms with E-state index in [0.717, 1.165) is 11.3 Å². The SMILES string of the molecule is Cc1cn2cc(NC(=O)c3ccco3)ccc2n1. The summed E-state index contributed by atoms with van der Waals surface area (Å²) in [6, 6.07) is 6.96. The van der Waals surface area contributed by atoms with Crippen molar-refractivity contribution in [1.29, 1.82) is 0 Å². The van der Waals surface area contributed by atoms with Gasteiger partial charge in [0, 0.05) is 12.4 Å². The third kappa shape index (κ3) is 1.86. The predicted octanol–water partition coefficient (Wildman–Crippen LogP) is 2.49. The normalized spacial score (nSPS) is 10.7. The monoisotopic (exact) mass is 241 g/mol. The number of nitrogens with zero attached hydrogens (tertiary/aromatic N) is 2. The van der Waals surface area contributed by atoms with Crippen molar-refractivity contribution in [3.63, 3.8) is 0 Å². The van der Waals surface area contributed by atoms with Crippen LogP contribution in [0.1, 0.15) is 16.2 Å². The van der Waals surface area contributed by atoms with E-state index in [2.05, 4.69) is 10.3 Å². The molecule has 3 aromatic heterocycles. The van der Waals surface area contributed by atoms with Crippen molar-refractivity contribution in [2.75, 3.05) is 5.32 Å². The standard InChI is InChI=1S/C13H11N3O2/c1-9-7-16-8-10(4-5-12(16)14-9)15-13(17)11-3-2-6-18-11/h2-8H,1H3,(H,15,17). The Labute approximate surface area is 103 Å². The Kier molecular flexibility index (Phi) is 2.37. The smallest absolute Gasteiger partial charge is 0.291 e. The lowest BCUT2D eigenvalue weighted by Crippen LogP contribution is -2.11. The predicted molar refractivity (Wildman–Crippen MR) is 66.6 cm³/mol. The van der Waals surface area contributed by atoms with Gasteiger partial charge in [0.15, 0.2) is 5.76 Å². The van der Waals surface area contributed by atoms with Crippen LogP contribution in [0.15, 0.2) is 47.3 Å². The fourth-order valence-corrected chi connectivity index (χ4v) is 1.79. The van der Waals surface area contributed by atoms with Crippen LogP contribution in [0.2, 0.25) is 0 Å². The highest BCUT2D eigenvalue weighted by atomic mass is 16.3. The van der Waals surface area contributed by atoms with Crippen molar-refractivity contribution in [2.24, 2.45) is 0 Å². The number of aromatic nitrogens is 2. The van der Waals surface area contributed by atoms with E-state index in [-0.39, 0.29) is 11.7 Å². The van der Waals surface area contributed by atoms with Gasteiger partial charge in [0.25, 0.3) is 5.91 Å². The quantitative estimate of drug-likeness (QED) is 0.749. The maximum atomic E-state index is 11.8. The number of nitrogens with one attached hydrogen (secondary N) is 1. The van der Waals surface area contributed by atoms with Crippen LogP contribution in [-0.2, 0) is 0 Å². The first-order chi connectivity index (χ1) is 8.72. The summed E-state index contributed by atoms with van der Waals surface area (Å²) in [5.74, 6) is 0.0214. The summed E-state index contributed by atoms with van der Waals surface area (Å²) in [6.45, 7) is 1.92. The molecule has 1 amide bonds. The number of aryl methyl sites for hydroxylation is 1. The first-order valence-electron chi connectivity index (χ1n) is 5.52. The molecule has 90 valence electrons. The Hall–Kier alpha value is -2.56. The van der Waals surface area contributed by atoms with E-state index >= 15 is 0 Å². The van der Waals surface area contributed by atoms with Crippen LogP contribution < -0.4 is 5.32 Å². The minimum atomic E-state index is -0.267. The number of amides is 1. The van der Waals surface area contributed by atoms with Crippen LogP contribution in [0, 0.1) is 6.92 Å². The number of carbonyl (C=O) groups is 1. The molecule has 18 heavy (non-hydrogen) atoms. The molecule has 0 aliphatic carbocycles. The number of anilines is 1. The Morgan fingerprint density at radius 2 is 2.22 bits per heavy atom. The molecule has 0 fully saturated rings. The van der Waals surface area contributed by atoms with Crippen molar-refractivity contribution in [1.82, 2.24) is 9.38 Å². The van der Waals surface area contributed by atoms with Gasteiger partial charge in [0.2, 0.25) is 0 Å². The minimum absolute atomic E-state index is 0.267. The summed E-state index contributed by atoms with van der Waals surface area (Å²) in [5.41, 5.74) is 2.48. The van der Waals surface area contributed by atoms with Crippen molar-refractivity contribution in [3.8, 4) is 0 Å². The number of hydrogen-bond donors (Lipinski definition) is 1. The fourth-order valence-electron chi connectivity index (χ4n) is 1.79. The van der Waals surface area contributed by atoms with Gasteiger partial charge in [-0.15, -0.1) is 0 Å². The largest absolute Gasteiger partial charge is 0.459 e. The summed E-state index contributed by atoms with van der Waals surface area (Å²) < 4.78 is 6.90. The van der Waals surface area contributed by atoms with Gasteiger partial charge in [-0.1, -0.05) is 0 Å². The molecule has 0 aliphatic heterocycles. The highest BCUT2D eigenvalue weighted by molar-refractivity contribution is 6.02. The summed E-state index contributed by atoms with van der Waals surface area (Å²) >= 11 is 0. The number of hydrogen-bond acceptors (Lipinski definition) is 3. The maximum Gasteiger partial charge on any atom is 0.291 e. The zero-order valence-electron chi connectivity index (χ0n) is 9.75. The van der Waals surface area contributed by atoms with Crippen molar-refractivity contribution >= 4 is 17.2 Å². The van der Waals surface area contributed by atoms with Crippen LogP contribution >= 0.6 is 0 Å². The van der Waals surface area contributed by atoms with E-state index in [1.54, 1.807) is 12.1 Å². The lowest BCUT2D eigenvalue weighted by Gasteiger charge is -2.03. The summed E-state index contributed by atoms with van der Waals surface area (Å²) in [5, 5.41) is 2.76. The molecule has 3 rings (SSSR count). The Morgan fingerprint density at radius 1 is 1.33 bits per heavy atom. The van der Waals surface area contributed by atoms with Crippen LogP contribution in [0.3, 0.4) is 0 Å². The van der Waals surface area contributed by atoms with Gasteiger partial charge >= 0.3 is 0 Å². The fraction of sp³-hybridized carbons (Fsp3) is 0.0769. The van der Waals surface area contributed by atoms with Gasteiger partial charge in [-0.25, -0.2) is 4.98 Å². The van der Waals surface area contributed by atoms with Gasteiger partial charge in [-0.3, -0.25) is 4.79 Å². The van der Waals surface area contributed by atoms with Crippen molar-refractivity contribution in [3.05, 3.63) is 54.4 Å². The van der Waals surface area contributed by atoms with E-state index in [9.17, 15) is 4.79 Å². The Morgan fingerprint density at radius 3 is 3.00 bits per heavy atom. The van der Waals surface area contributed by atoms with Crippen LogP contribution in [-0.4, -0.2) is 15.3 Å². The average molecular weight is 241 g/mol. The maximum absolute atomic E-state index is 11.8. The van der Waals surface area contributed by atoms with Gasteiger partial charge in [-0.05, 0) is 31.2 Å². The van der Waals surface area contributed by atoms with E-state index in [4.69, 9.17) is 4.42 Å². The molecular weight excluding hydrogens is 230 g/mol. The van der Waals surface area contributed by atoms with Gasteiger partial charge in [0.05, 0.1) is 17.6 Å². The van der Waals surface area contributed by atoms with Crippen molar-refractivity contribution in [2.45, 2.75) is 6.92 Å². The molecule has 0 atom stereocenters. The number of rotatable bonds is 2. The lowest BCUT2D eigenvalue weighted by molar-refractivity contribution is 0.0996. The third-order valence-electron chi connectivity index (χ3n) is 2.57. The summed E-state index contributed by atoms with van der Waals surface area (Å²) in [4.78, 5) is 16.1. The highest BCUT2D eigenvalue weighted by Crippen LogP contribution is 2.13. The summed E-state index contributed by atoms with van der Waals surface area (Å²) in [7, 11) is 0. The number of imidazole rings is 1. The first kappa shape index (κ1) is 10.6. The van der Waals surface area contributed by atoms with Crippen LogP contribution in [0.25, 0.3) is 5.65 Å². The van der Waals surface area contributed by atoms with E-state index < -0.39 is 0 Å².